The maximum absolute atomic E-state index is 5.92. The molecule has 1 aliphatic rings. The molecule has 0 saturated heterocycles. The molecule has 0 bridgehead atoms. The van der Waals surface area contributed by atoms with Crippen LogP contribution in [0.3, 0.4) is 0 Å². The van der Waals surface area contributed by atoms with Gasteiger partial charge in [-0.25, -0.2) is 0 Å². The van der Waals surface area contributed by atoms with E-state index >= 15 is 0 Å². The second-order valence-corrected chi connectivity index (χ2v) is 5.62. The van der Waals surface area contributed by atoms with Crippen LogP contribution >= 0.6 is 34.2 Å². The highest BCUT2D eigenvalue weighted by Crippen LogP contribution is 2.25. The molecule has 1 aromatic carbocycles. The van der Waals surface area contributed by atoms with Gasteiger partial charge in [-0.3, -0.25) is 0 Å². The first-order chi connectivity index (χ1) is 7.65. The highest BCUT2D eigenvalue weighted by atomic mass is 127. The fourth-order valence-corrected chi connectivity index (χ4v) is 2.46. The summed E-state index contributed by atoms with van der Waals surface area (Å²) in [6.07, 6.45) is 5.95. The molecule has 0 spiro atoms. The molecule has 84 valence electrons. The molecule has 0 fully saturated rings. The van der Waals surface area contributed by atoms with E-state index in [2.05, 4.69) is 59.1 Å². The normalized spacial score (nSPS) is 15.4. The second-order valence-electron chi connectivity index (χ2n) is 3.89. The zero-order valence-corrected chi connectivity index (χ0v) is 12.0. The van der Waals surface area contributed by atoms with Gasteiger partial charge in [0.25, 0.3) is 0 Å². The largest absolute Gasteiger partial charge is 0.359 e. The Morgan fingerprint density at radius 3 is 2.69 bits per heavy atom. The standard InChI is InChI=1S/C13H13ClIN/c1-9-8-11(15)4-7-13(9)16-12-5-2-10(14)3-6-12/h2,4-5,7-8,16H,3,6H2,1H3. The molecular weight excluding hydrogens is 333 g/mol. The van der Waals surface area contributed by atoms with Crippen LogP contribution in [0.4, 0.5) is 5.69 Å². The minimum atomic E-state index is 0.934. The molecule has 0 aliphatic heterocycles. The Morgan fingerprint density at radius 1 is 1.25 bits per heavy atom. The number of anilines is 1. The average Bonchev–Trinajstić information content (AvgIpc) is 2.25. The predicted octanol–water partition coefficient (Wildman–Crippen LogP) is 4.81. The zero-order chi connectivity index (χ0) is 11.5. The van der Waals surface area contributed by atoms with Gasteiger partial charge in [-0.15, -0.1) is 0 Å². The van der Waals surface area contributed by atoms with Crippen LogP contribution < -0.4 is 5.32 Å². The highest BCUT2D eigenvalue weighted by Gasteiger charge is 2.06. The molecule has 0 heterocycles. The first kappa shape index (κ1) is 12.0. The lowest BCUT2D eigenvalue weighted by atomic mass is 10.1. The number of aryl methyl sites for hydroxylation is 1. The molecule has 0 atom stereocenters. The van der Waals surface area contributed by atoms with Crippen molar-refractivity contribution in [1.82, 2.24) is 0 Å². The summed E-state index contributed by atoms with van der Waals surface area (Å²) in [5, 5.41) is 4.39. The van der Waals surface area contributed by atoms with Crippen LogP contribution in [-0.2, 0) is 0 Å². The van der Waals surface area contributed by atoms with Crippen molar-refractivity contribution in [2.24, 2.45) is 0 Å². The Bertz CT molecular complexity index is 463. The molecule has 0 amide bonds. The first-order valence-corrected chi connectivity index (χ1v) is 6.69. The van der Waals surface area contributed by atoms with Crippen molar-refractivity contribution in [1.29, 1.82) is 0 Å². The zero-order valence-electron chi connectivity index (χ0n) is 9.06. The second kappa shape index (κ2) is 5.23. The van der Waals surface area contributed by atoms with Gasteiger partial charge in [-0.05, 0) is 78.3 Å². The van der Waals surface area contributed by atoms with Crippen LogP contribution in [0.25, 0.3) is 0 Å². The van der Waals surface area contributed by atoms with E-state index in [1.807, 2.05) is 6.08 Å². The van der Waals surface area contributed by atoms with E-state index in [1.54, 1.807) is 0 Å². The van der Waals surface area contributed by atoms with Crippen LogP contribution in [0, 0.1) is 10.5 Å². The lowest BCUT2D eigenvalue weighted by Gasteiger charge is -2.15. The number of rotatable bonds is 2. The van der Waals surface area contributed by atoms with E-state index in [-0.39, 0.29) is 0 Å². The number of halogens is 2. The van der Waals surface area contributed by atoms with E-state index in [4.69, 9.17) is 11.6 Å². The molecule has 0 saturated carbocycles. The summed E-state index contributed by atoms with van der Waals surface area (Å²) >= 11 is 8.25. The fraction of sp³-hybridized carbons (Fsp3) is 0.231. The average molecular weight is 346 g/mol. The maximum atomic E-state index is 5.92. The lowest BCUT2D eigenvalue weighted by molar-refractivity contribution is 0.951. The van der Waals surface area contributed by atoms with Crippen molar-refractivity contribution in [2.45, 2.75) is 19.8 Å². The molecule has 1 aliphatic carbocycles. The maximum Gasteiger partial charge on any atom is 0.0412 e. The van der Waals surface area contributed by atoms with Gasteiger partial charge in [0, 0.05) is 20.0 Å². The number of hydrogen-bond donors (Lipinski definition) is 1. The van der Waals surface area contributed by atoms with E-state index < -0.39 is 0 Å². The van der Waals surface area contributed by atoms with Crippen molar-refractivity contribution < 1.29 is 0 Å². The van der Waals surface area contributed by atoms with Gasteiger partial charge in [0.1, 0.15) is 0 Å². The minimum Gasteiger partial charge on any atom is -0.359 e. The van der Waals surface area contributed by atoms with Crippen LogP contribution in [0.15, 0.2) is 41.1 Å². The topological polar surface area (TPSA) is 12.0 Å². The van der Waals surface area contributed by atoms with Gasteiger partial charge in [-0.1, -0.05) is 11.6 Å². The van der Waals surface area contributed by atoms with E-state index in [0.717, 1.165) is 17.9 Å². The van der Waals surface area contributed by atoms with Gasteiger partial charge < -0.3 is 5.32 Å². The van der Waals surface area contributed by atoms with E-state index in [0.29, 0.717) is 0 Å². The van der Waals surface area contributed by atoms with Crippen molar-refractivity contribution in [2.75, 3.05) is 5.32 Å². The molecule has 0 radical (unpaired) electrons. The van der Waals surface area contributed by atoms with Crippen LogP contribution in [0.1, 0.15) is 18.4 Å². The smallest absolute Gasteiger partial charge is 0.0412 e. The van der Waals surface area contributed by atoms with Crippen molar-refractivity contribution in [3.05, 3.63) is 50.2 Å². The molecule has 1 N–H and O–H groups in total. The molecule has 0 aromatic heterocycles. The monoisotopic (exact) mass is 345 g/mol. The van der Waals surface area contributed by atoms with E-state index in [9.17, 15) is 0 Å². The summed E-state index contributed by atoms with van der Waals surface area (Å²) in [6, 6.07) is 6.41. The molecule has 1 nitrogen and oxygen atoms in total. The van der Waals surface area contributed by atoms with Gasteiger partial charge in [0.2, 0.25) is 0 Å². The first-order valence-electron chi connectivity index (χ1n) is 5.23. The van der Waals surface area contributed by atoms with Gasteiger partial charge >= 0.3 is 0 Å². The third-order valence-corrected chi connectivity index (χ3v) is 3.57. The molecule has 16 heavy (non-hydrogen) atoms. The van der Waals surface area contributed by atoms with Gasteiger partial charge in [0.15, 0.2) is 0 Å². The SMILES string of the molecule is Cc1cc(I)ccc1NC1=CC=C(Cl)CC1. The minimum absolute atomic E-state index is 0.934. The molecule has 3 heteroatoms. The molecule has 1 aromatic rings. The lowest BCUT2D eigenvalue weighted by Crippen LogP contribution is -2.03. The molecule has 0 unspecified atom stereocenters. The van der Waals surface area contributed by atoms with E-state index in [1.165, 1.54) is 20.5 Å². The Hall–Kier alpha value is -0.480. The Kier molecular flexibility index (Phi) is 3.92. The van der Waals surface area contributed by atoms with Crippen molar-refractivity contribution in [3.63, 3.8) is 0 Å². The molecular formula is C13H13ClIN. The van der Waals surface area contributed by atoms with Crippen molar-refractivity contribution in [3.8, 4) is 0 Å². The Balaban J connectivity index is 2.15. The number of hydrogen-bond acceptors (Lipinski definition) is 1. The Labute approximate surface area is 115 Å². The summed E-state index contributed by atoms with van der Waals surface area (Å²) in [4.78, 5) is 0. The van der Waals surface area contributed by atoms with Crippen molar-refractivity contribution >= 4 is 39.9 Å². The Morgan fingerprint density at radius 2 is 2.06 bits per heavy atom. The third kappa shape index (κ3) is 3.01. The van der Waals surface area contributed by atoms with Crippen LogP contribution in [-0.4, -0.2) is 0 Å². The highest BCUT2D eigenvalue weighted by molar-refractivity contribution is 14.1. The number of allylic oxidation sites excluding steroid dienone is 4. The van der Waals surface area contributed by atoms with Crippen LogP contribution in [0.2, 0.25) is 0 Å². The quantitative estimate of drug-likeness (QED) is 0.758. The summed E-state index contributed by atoms with van der Waals surface area (Å²) < 4.78 is 1.27. The van der Waals surface area contributed by atoms with Gasteiger partial charge in [0.05, 0.1) is 0 Å². The molecule has 2 rings (SSSR count). The predicted molar refractivity (Wildman–Crippen MR) is 78.8 cm³/mol. The third-order valence-electron chi connectivity index (χ3n) is 2.58. The summed E-state index contributed by atoms with van der Waals surface area (Å²) in [7, 11) is 0. The van der Waals surface area contributed by atoms with Crippen LogP contribution in [0.5, 0.6) is 0 Å². The summed E-state index contributed by atoms with van der Waals surface area (Å²) in [5.41, 5.74) is 3.68. The fourth-order valence-electron chi connectivity index (χ4n) is 1.66. The number of nitrogens with one attached hydrogen (secondary N) is 1. The number of benzene rings is 1. The summed E-state index contributed by atoms with van der Waals surface area (Å²) in [5.74, 6) is 0. The summed E-state index contributed by atoms with van der Waals surface area (Å²) in [6.45, 7) is 2.12. The van der Waals surface area contributed by atoms with Gasteiger partial charge in [-0.2, -0.15) is 0 Å².